The molecule has 1 amide bonds. The van der Waals surface area contributed by atoms with Gasteiger partial charge in [-0.2, -0.15) is 5.10 Å². The van der Waals surface area contributed by atoms with Gasteiger partial charge in [0.1, 0.15) is 0 Å². The summed E-state index contributed by atoms with van der Waals surface area (Å²) in [5.41, 5.74) is 7.05. The second-order valence-electron chi connectivity index (χ2n) is 9.18. The van der Waals surface area contributed by atoms with Crippen LogP contribution in [0.2, 0.25) is 0 Å². The molecule has 1 aromatic heterocycles. The van der Waals surface area contributed by atoms with Crippen molar-refractivity contribution in [2.24, 2.45) is 5.10 Å². The Morgan fingerprint density at radius 1 is 1.06 bits per heavy atom. The van der Waals surface area contributed by atoms with Gasteiger partial charge in [-0.05, 0) is 51.3 Å². The molecule has 8 heteroatoms. The van der Waals surface area contributed by atoms with E-state index in [2.05, 4.69) is 87.4 Å². The molecule has 1 aliphatic rings. The standard InChI is InChI=1S/C28H36N6OS/c1-4-33(5-2)24-17-13-22(14-18-24)19-29-30-26(35)20-36-28-32-31-27(23-15-11-21(3)12-16-23)34(28)25-9-7-6-8-10-25/h11-19,25H,4-10,20H2,1-3H3,(H,30,35)/b29-19+. The number of benzene rings is 2. The molecule has 2 aromatic carbocycles. The van der Waals surface area contributed by atoms with Crippen molar-refractivity contribution in [1.29, 1.82) is 0 Å². The Hall–Kier alpha value is -3.13. The van der Waals surface area contributed by atoms with Crippen molar-refractivity contribution in [2.45, 2.75) is 64.1 Å². The van der Waals surface area contributed by atoms with Crippen molar-refractivity contribution < 1.29 is 4.79 Å². The van der Waals surface area contributed by atoms with Crippen molar-refractivity contribution >= 4 is 29.6 Å². The molecular weight excluding hydrogens is 468 g/mol. The van der Waals surface area contributed by atoms with E-state index in [1.807, 2.05) is 12.1 Å². The number of hydrogen-bond donors (Lipinski definition) is 1. The second kappa shape index (κ2) is 12.7. The van der Waals surface area contributed by atoms with E-state index in [9.17, 15) is 4.79 Å². The molecule has 190 valence electrons. The summed E-state index contributed by atoms with van der Waals surface area (Å²) in [6, 6.07) is 17.0. The van der Waals surface area contributed by atoms with Crippen molar-refractivity contribution in [3.8, 4) is 11.4 Å². The molecule has 1 aliphatic carbocycles. The van der Waals surface area contributed by atoms with Gasteiger partial charge in [0.2, 0.25) is 0 Å². The quantitative estimate of drug-likeness (QED) is 0.213. The van der Waals surface area contributed by atoms with Gasteiger partial charge in [0, 0.05) is 30.4 Å². The third kappa shape index (κ3) is 6.55. The van der Waals surface area contributed by atoms with Crippen molar-refractivity contribution in [2.75, 3.05) is 23.7 Å². The van der Waals surface area contributed by atoms with E-state index >= 15 is 0 Å². The largest absolute Gasteiger partial charge is 0.372 e. The molecule has 0 aliphatic heterocycles. The van der Waals surface area contributed by atoms with Gasteiger partial charge in [-0.3, -0.25) is 9.36 Å². The number of aryl methyl sites for hydroxylation is 1. The first kappa shape index (κ1) is 25.9. The average molecular weight is 505 g/mol. The maximum Gasteiger partial charge on any atom is 0.250 e. The van der Waals surface area contributed by atoms with E-state index in [-0.39, 0.29) is 11.7 Å². The van der Waals surface area contributed by atoms with Crippen LogP contribution in [0, 0.1) is 6.92 Å². The molecule has 0 unspecified atom stereocenters. The number of hydrogen-bond acceptors (Lipinski definition) is 6. The number of hydrazone groups is 1. The summed E-state index contributed by atoms with van der Waals surface area (Å²) in [4.78, 5) is 14.8. The minimum absolute atomic E-state index is 0.161. The highest BCUT2D eigenvalue weighted by atomic mass is 32.2. The number of carbonyl (C=O) groups excluding carboxylic acids is 1. The van der Waals surface area contributed by atoms with E-state index in [1.54, 1.807) is 6.21 Å². The second-order valence-corrected chi connectivity index (χ2v) is 10.1. The number of amides is 1. The van der Waals surface area contributed by atoms with Crippen LogP contribution >= 0.6 is 11.8 Å². The fourth-order valence-corrected chi connectivity index (χ4v) is 5.44. The first-order valence-corrected chi connectivity index (χ1v) is 13.9. The van der Waals surface area contributed by atoms with Crippen LogP contribution in [0.3, 0.4) is 0 Å². The molecular formula is C28H36N6OS. The van der Waals surface area contributed by atoms with E-state index in [0.717, 1.165) is 48.0 Å². The number of rotatable bonds is 10. The number of thioether (sulfide) groups is 1. The zero-order valence-corrected chi connectivity index (χ0v) is 22.3. The van der Waals surface area contributed by atoms with E-state index in [1.165, 1.54) is 42.3 Å². The Labute approximate surface area is 218 Å². The van der Waals surface area contributed by atoms with Gasteiger partial charge in [-0.25, -0.2) is 5.43 Å². The predicted molar refractivity (Wildman–Crippen MR) is 149 cm³/mol. The molecule has 3 aromatic rings. The summed E-state index contributed by atoms with van der Waals surface area (Å²) in [6.07, 6.45) is 7.62. The molecule has 0 saturated heterocycles. The maximum atomic E-state index is 12.5. The molecule has 1 fully saturated rings. The molecule has 0 atom stereocenters. The normalized spacial score (nSPS) is 14.3. The predicted octanol–water partition coefficient (Wildman–Crippen LogP) is 5.85. The highest BCUT2D eigenvalue weighted by Gasteiger charge is 2.24. The third-order valence-electron chi connectivity index (χ3n) is 6.67. The van der Waals surface area contributed by atoms with Crippen molar-refractivity contribution in [1.82, 2.24) is 20.2 Å². The Kier molecular flexibility index (Phi) is 9.17. The van der Waals surface area contributed by atoms with Crippen LogP contribution in [0.15, 0.2) is 58.8 Å². The lowest BCUT2D eigenvalue weighted by molar-refractivity contribution is -0.118. The van der Waals surface area contributed by atoms with Gasteiger partial charge in [0.25, 0.3) is 5.91 Å². The zero-order valence-electron chi connectivity index (χ0n) is 21.5. The lowest BCUT2D eigenvalue weighted by Crippen LogP contribution is -2.21. The van der Waals surface area contributed by atoms with Gasteiger partial charge in [0.05, 0.1) is 12.0 Å². The number of aromatic nitrogens is 3. The zero-order chi connectivity index (χ0) is 25.3. The first-order chi connectivity index (χ1) is 17.6. The minimum Gasteiger partial charge on any atom is -0.372 e. The average Bonchev–Trinajstić information content (AvgIpc) is 3.34. The van der Waals surface area contributed by atoms with E-state index < -0.39 is 0 Å². The molecule has 0 bridgehead atoms. The molecule has 1 saturated carbocycles. The summed E-state index contributed by atoms with van der Waals surface area (Å²) >= 11 is 1.42. The smallest absolute Gasteiger partial charge is 0.250 e. The first-order valence-electron chi connectivity index (χ1n) is 12.9. The highest BCUT2D eigenvalue weighted by molar-refractivity contribution is 7.99. The SMILES string of the molecule is CCN(CC)c1ccc(/C=N/NC(=O)CSc2nnc(-c3ccc(C)cc3)n2C2CCCCC2)cc1. The van der Waals surface area contributed by atoms with Gasteiger partial charge in [-0.1, -0.05) is 73.0 Å². The summed E-state index contributed by atoms with van der Waals surface area (Å²) in [7, 11) is 0. The summed E-state index contributed by atoms with van der Waals surface area (Å²) in [5, 5.41) is 14.0. The molecule has 4 rings (SSSR count). The number of nitrogens with zero attached hydrogens (tertiary/aromatic N) is 5. The van der Waals surface area contributed by atoms with E-state index in [4.69, 9.17) is 0 Å². The third-order valence-corrected chi connectivity index (χ3v) is 7.61. The van der Waals surface area contributed by atoms with Gasteiger partial charge >= 0.3 is 0 Å². The number of anilines is 1. The van der Waals surface area contributed by atoms with Crippen molar-refractivity contribution in [3.05, 3.63) is 59.7 Å². The fraction of sp³-hybridized carbons (Fsp3) is 0.429. The van der Waals surface area contributed by atoms with Crippen LogP contribution in [0.4, 0.5) is 5.69 Å². The monoisotopic (exact) mass is 504 g/mol. The molecule has 7 nitrogen and oxygen atoms in total. The van der Waals surface area contributed by atoms with Crippen molar-refractivity contribution in [3.63, 3.8) is 0 Å². The number of carbonyl (C=O) groups is 1. The summed E-state index contributed by atoms with van der Waals surface area (Å²) in [5.74, 6) is 0.957. The lowest BCUT2D eigenvalue weighted by Gasteiger charge is -2.25. The van der Waals surface area contributed by atoms with Gasteiger partial charge in [0.15, 0.2) is 11.0 Å². The van der Waals surface area contributed by atoms with Crippen LogP contribution in [-0.4, -0.2) is 45.7 Å². The van der Waals surface area contributed by atoms with Gasteiger partial charge in [-0.15, -0.1) is 10.2 Å². The number of nitrogens with one attached hydrogen (secondary N) is 1. The lowest BCUT2D eigenvalue weighted by atomic mass is 9.95. The fourth-order valence-electron chi connectivity index (χ4n) is 4.64. The molecule has 36 heavy (non-hydrogen) atoms. The van der Waals surface area contributed by atoms with Crippen LogP contribution in [-0.2, 0) is 4.79 Å². The molecule has 1 N–H and O–H groups in total. The Morgan fingerprint density at radius 2 is 1.75 bits per heavy atom. The topological polar surface area (TPSA) is 75.4 Å². The Balaban J connectivity index is 1.39. The highest BCUT2D eigenvalue weighted by Crippen LogP contribution is 2.35. The minimum atomic E-state index is -0.161. The summed E-state index contributed by atoms with van der Waals surface area (Å²) in [6.45, 7) is 8.32. The Bertz CT molecular complexity index is 1150. The molecule has 0 radical (unpaired) electrons. The molecule has 0 spiro atoms. The van der Waals surface area contributed by atoms with Gasteiger partial charge < -0.3 is 4.90 Å². The molecule has 1 heterocycles. The maximum absolute atomic E-state index is 12.5. The van der Waals surface area contributed by atoms with Crippen LogP contribution in [0.1, 0.15) is 63.1 Å². The van der Waals surface area contributed by atoms with E-state index in [0.29, 0.717) is 6.04 Å². The van der Waals surface area contributed by atoms with Crippen LogP contribution < -0.4 is 10.3 Å². The summed E-state index contributed by atoms with van der Waals surface area (Å²) < 4.78 is 2.25. The van der Waals surface area contributed by atoms with Crippen LogP contribution in [0.5, 0.6) is 0 Å². The Morgan fingerprint density at radius 3 is 2.42 bits per heavy atom. The van der Waals surface area contributed by atoms with Crippen LogP contribution in [0.25, 0.3) is 11.4 Å².